The van der Waals surface area contributed by atoms with Gasteiger partial charge < -0.3 is 25.4 Å². The Hall–Kier alpha value is -1.83. The summed E-state index contributed by atoms with van der Waals surface area (Å²) in [6, 6.07) is -0.319. The van der Waals surface area contributed by atoms with Gasteiger partial charge in [-0.05, 0) is 6.92 Å². The van der Waals surface area contributed by atoms with Crippen LogP contribution in [-0.4, -0.2) is 71.7 Å². The lowest BCUT2D eigenvalue weighted by atomic mass is 10.2. The molecule has 1 rings (SSSR count). The number of rotatable bonds is 5. The van der Waals surface area contributed by atoms with Crippen LogP contribution in [0.15, 0.2) is 0 Å². The van der Waals surface area contributed by atoms with Crippen LogP contribution in [0.2, 0.25) is 0 Å². The second-order valence-corrected chi connectivity index (χ2v) is 4.30. The first kappa shape index (κ1) is 15.2. The molecule has 8 heteroatoms. The van der Waals surface area contributed by atoms with Crippen molar-refractivity contribution in [3.63, 3.8) is 0 Å². The van der Waals surface area contributed by atoms with E-state index in [2.05, 4.69) is 0 Å². The highest BCUT2D eigenvalue weighted by Gasteiger charge is 2.28. The number of carboxylic acid groups (broad SMARTS) is 1. The van der Waals surface area contributed by atoms with Crippen LogP contribution in [0.1, 0.15) is 13.3 Å². The summed E-state index contributed by atoms with van der Waals surface area (Å²) in [5.74, 6) is -1.55. The molecule has 0 radical (unpaired) electrons. The van der Waals surface area contributed by atoms with Crippen molar-refractivity contribution in [1.29, 1.82) is 0 Å². The third kappa shape index (κ3) is 4.74. The Morgan fingerprint density at radius 3 is 2.68 bits per heavy atom. The van der Waals surface area contributed by atoms with Crippen molar-refractivity contribution in [2.75, 3.05) is 32.8 Å². The SMILES string of the molecule is CCN(CC(N)=O)C(=O)N1CCOC(CC(=O)O)C1. The second-order valence-electron chi connectivity index (χ2n) is 4.30. The van der Waals surface area contributed by atoms with Gasteiger partial charge in [0.2, 0.25) is 5.91 Å². The highest BCUT2D eigenvalue weighted by Crippen LogP contribution is 2.11. The first-order chi connectivity index (χ1) is 8.93. The molecule has 8 nitrogen and oxygen atoms in total. The van der Waals surface area contributed by atoms with Crippen molar-refractivity contribution in [2.24, 2.45) is 5.73 Å². The third-order valence-electron chi connectivity index (χ3n) is 2.81. The number of likely N-dealkylation sites (N-methyl/N-ethyl adjacent to an activating group) is 1. The predicted octanol–water partition coefficient (Wildman–Crippen LogP) is -0.911. The van der Waals surface area contributed by atoms with Crippen molar-refractivity contribution in [2.45, 2.75) is 19.4 Å². The zero-order valence-electron chi connectivity index (χ0n) is 10.9. The Balaban J connectivity index is 2.59. The van der Waals surface area contributed by atoms with E-state index in [1.165, 1.54) is 9.80 Å². The highest BCUT2D eigenvalue weighted by atomic mass is 16.5. The molecule has 3 N–H and O–H groups in total. The number of nitrogens with two attached hydrogens (primary N) is 1. The molecule has 1 atom stereocenters. The summed E-state index contributed by atoms with van der Waals surface area (Å²) >= 11 is 0. The topological polar surface area (TPSA) is 113 Å². The maximum Gasteiger partial charge on any atom is 0.320 e. The van der Waals surface area contributed by atoms with E-state index in [0.717, 1.165) is 0 Å². The first-order valence-corrected chi connectivity index (χ1v) is 6.09. The van der Waals surface area contributed by atoms with Crippen LogP contribution in [-0.2, 0) is 14.3 Å². The Morgan fingerprint density at radius 1 is 1.47 bits per heavy atom. The molecule has 1 unspecified atom stereocenters. The van der Waals surface area contributed by atoms with Crippen LogP contribution in [0.5, 0.6) is 0 Å². The third-order valence-corrected chi connectivity index (χ3v) is 2.81. The summed E-state index contributed by atoms with van der Waals surface area (Å²) in [7, 11) is 0. The molecule has 0 saturated carbocycles. The molecule has 108 valence electrons. The minimum atomic E-state index is -0.969. The van der Waals surface area contributed by atoms with Crippen molar-refractivity contribution >= 4 is 17.9 Å². The number of urea groups is 1. The summed E-state index contributed by atoms with van der Waals surface area (Å²) < 4.78 is 5.28. The van der Waals surface area contributed by atoms with Crippen molar-refractivity contribution < 1.29 is 24.2 Å². The van der Waals surface area contributed by atoms with E-state index < -0.39 is 18.0 Å². The van der Waals surface area contributed by atoms with Crippen molar-refractivity contribution in [3.05, 3.63) is 0 Å². The van der Waals surface area contributed by atoms with Gasteiger partial charge >= 0.3 is 12.0 Å². The van der Waals surface area contributed by atoms with Crippen LogP contribution in [0, 0.1) is 0 Å². The van der Waals surface area contributed by atoms with Gasteiger partial charge in [-0.1, -0.05) is 0 Å². The molecule has 1 fully saturated rings. The molecule has 1 heterocycles. The lowest BCUT2D eigenvalue weighted by molar-refractivity contribution is -0.141. The number of carbonyl (C=O) groups excluding carboxylic acids is 2. The van der Waals surface area contributed by atoms with E-state index in [9.17, 15) is 14.4 Å². The van der Waals surface area contributed by atoms with E-state index in [0.29, 0.717) is 13.1 Å². The van der Waals surface area contributed by atoms with Gasteiger partial charge in [-0.25, -0.2) is 4.79 Å². The predicted molar refractivity (Wildman–Crippen MR) is 65.4 cm³/mol. The van der Waals surface area contributed by atoms with Crippen LogP contribution < -0.4 is 5.73 Å². The van der Waals surface area contributed by atoms with Crippen LogP contribution in [0.3, 0.4) is 0 Å². The Morgan fingerprint density at radius 2 is 2.16 bits per heavy atom. The minimum absolute atomic E-state index is 0.143. The van der Waals surface area contributed by atoms with E-state index in [1.54, 1.807) is 6.92 Å². The molecular weight excluding hydrogens is 254 g/mol. The van der Waals surface area contributed by atoms with Crippen LogP contribution >= 0.6 is 0 Å². The molecule has 1 aliphatic heterocycles. The quantitative estimate of drug-likeness (QED) is 0.673. The maximum atomic E-state index is 12.1. The molecular formula is C11H19N3O5. The van der Waals surface area contributed by atoms with Crippen molar-refractivity contribution in [3.8, 4) is 0 Å². The fourth-order valence-corrected chi connectivity index (χ4v) is 1.91. The van der Waals surface area contributed by atoms with Gasteiger partial charge in [0.15, 0.2) is 0 Å². The zero-order chi connectivity index (χ0) is 14.4. The standard InChI is InChI=1S/C11H19N3O5/c1-2-13(7-9(12)15)11(18)14-3-4-19-8(6-14)5-10(16)17/h8H,2-7H2,1H3,(H2,12,15)(H,16,17). The second kappa shape index (κ2) is 6.93. The fraction of sp³-hybridized carbons (Fsp3) is 0.727. The summed E-state index contributed by atoms with van der Waals surface area (Å²) in [4.78, 5) is 36.4. The van der Waals surface area contributed by atoms with Crippen LogP contribution in [0.4, 0.5) is 4.79 Å². The number of amides is 3. The van der Waals surface area contributed by atoms with Gasteiger partial charge in [0.25, 0.3) is 0 Å². The number of nitrogens with zero attached hydrogens (tertiary/aromatic N) is 2. The summed E-state index contributed by atoms with van der Waals surface area (Å²) in [6.07, 6.45) is -0.659. The van der Waals surface area contributed by atoms with Gasteiger partial charge in [-0.15, -0.1) is 0 Å². The van der Waals surface area contributed by atoms with E-state index in [-0.39, 0.29) is 32.1 Å². The fourth-order valence-electron chi connectivity index (χ4n) is 1.91. The molecule has 0 aromatic heterocycles. The van der Waals surface area contributed by atoms with Gasteiger partial charge in [0.1, 0.15) is 6.54 Å². The maximum absolute atomic E-state index is 12.1. The normalized spacial score (nSPS) is 19.0. The molecule has 1 saturated heterocycles. The molecule has 3 amide bonds. The average Bonchev–Trinajstić information content (AvgIpc) is 2.34. The molecule has 0 spiro atoms. The van der Waals surface area contributed by atoms with E-state index >= 15 is 0 Å². The lowest BCUT2D eigenvalue weighted by Gasteiger charge is -2.35. The molecule has 1 aliphatic rings. The molecule has 0 aromatic rings. The summed E-state index contributed by atoms with van der Waals surface area (Å²) in [6.45, 7) is 2.84. The smallest absolute Gasteiger partial charge is 0.320 e. The van der Waals surface area contributed by atoms with E-state index in [4.69, 9.17) is 15.6 Å². The number of morpholine rings is 1. The largest absolute Gasteiger partial charge is 0.481 e. The molecule has 0 aliphatic carbocycles. The first-order valence-electron chi connectivity index (χ1n) is 6.09. The van der Waals surface area contributed by atoms with Crippen molar-refractivity contribution in [1.82, 2.24) is 9.80 Å². The zero-order valence-corrected chi connectivity index (χ0v) is 10.9. The number of ether oxygens (including phenoxy) is 1. The summed E-state index contributed by atoms with van der Waals surface area (Å²) in [5, 5.41) is 8.71. The van der Waals surface area contributed by atoms with Gasteiger partial charge in [0, 0.05) is 19.6 Å². The molecule has 19 heavy (non-hydrogen) atoms. The van der Waals surface area contributed by atoms with Crippen LogP contribution in [0.25, 0.3) is 0 Å². The monoisotopic (exact) mass is 273 g/mol. The van der Waals surface area contributed by atoms with Gasteiger partial charge in [-0.2, -0.15) is 0 Å². The van der Waals surface area contributed by atoms with Gasteiger partial charge in [-0.3, -0.25) is 9.59 Å². The molecule has 0 aromatic carbocycles. The van der Waals surface area contributed by atoms with E-state index in [1.807, 2.05) is 0 Å². The average molecular weight is 273 g/mol. The Kier molecular flexibility index (Phi) is 5.56. The number of aliphatic carboxylic acids is 1. The van der Waals surface area contributed by atoms with Gasteiger partial charge in [0.05, 0.1) is 19.1 Å². The number of hydrogen-bond acceptors (Lipinski definition) is 4. The number of carboxylic acids is 1. The Bertz CT molecular complexity index is 360. The lowest BCUT2D eigenvalue weighted by Crippen LogP contribution is -2.52. The Labute approximate surface area is 111 Å². The number of hydrogen-bond donors (Lipinski definition) is 2. The molecule has 0 bridgehead atoms. The number of carbonyl (C=O) groups is 3. The highest BCUT2D eigenvalue weighted by molar-refractivity contribution is 5.83. The summed E-state index contributed by atoms with van der Waals surface area (Å²) in [5.41, 5.74) is 5.08. The number of primary amides is 1. The minimum Gasteiger partial charge on any atom is -0.481 e.